The summed E-state index contributed by atoms with van der Waals surface area (Å²) >= 11 is 0. The number of carbonyl (C=O) groups is 1. The lowest BCUT2D eigenvalue weighted by Gasteiger charge is -2.35. The minimum Gasteiger partial charge on any atom is -0.292 e. The number of rotatable bonds is 5. The van der Waals surface area contributed by atoms with E-state index in [2.05, 4.69) is 0 Å². The standard InChI is InChI=1S/C14H19F2NO/c1-5-17(6-2)14(3,4)13(18)10-7-8-11(15)12(16)9-10/h7-9H,5-6H2,1-4H3. The molecule has 0 atom stereocenters. The Morgan fingerprint density at radius 2 is 1.72 bits per heavy atom. The van der Waals surface area contributed by atoms with E-state index < -0.39 is 17.2 Å². The lowest BCUT2D eigenvalue weighted by molar-refractivity contribution is 0.0668. The summed E-state index contributed by atoms with van der Waals surface area (Å²) in [7, 11) is 0. The van der Waals surface area contributed by atoms with Crippen LogP contribution in [0.25, 0.3) is 0 Å². The molecule has 4 heteroatoms. The maximum absolute atomic E-state index is 13.2. The Kier molecular flexibility index (Phi) is 4.57. The second kappa shape index (κ2) is 5.57. The van der Waals surface area contributed by atoms with Crippen LogP contribution < -0.4 is 0 Å². The Labute approximate surface area is 107 Å². The number of benzene rings is 1. The minimum atomic E-state index is -0.990. The van der Waals surface area contributed by atoms with Gasteiger partial charge in [0.05, 0.1) is 5.54 Å². The van der Waals surface area contributed by atoms with E-state index >= 15 is 0 Å². The number of Topliss-reactive ketones (excluding diaryl/α,β-unsaturated/α-hetero) is 1. The second-order valence-electron chi connectivity index (χ2n) is 4.69. The second-order valence-corrected chi connectivity index (χ2v) is 4.69. The first-order chi connectivity index (χ1) is 8.34. The molecule has 0 bridgehead atoms. The van der Waals surface area contributed by atoms with Gasteiger partial charge in [-0.2, -0.15) is 0 Å². The van der Waals surface area contributed by atoms with Gasteiger partial charge < -0.3 is 0 Å². The van der Waals surface area contributed by atoms with Crippen molar-refractivity contribution in [3.63, 3.8) is 0 Å². The summed E-state index contributed by atoms with van der Waals surface area (Å²) in [6.07, 6.45) is 0. The van der Waals surface area contributed by atoms with Gasteiger partial charge in [-0.1, -0.05) is 13.8 Å². The number of nitrogens with zero attached hydrogens (tertiary/aromatic N) is 1. The number of ketones is 1. The summed E-state index contributed by atoms with van der Waals surface area (Å²) in [6, 6.07) is 3.27. The van der Waals surface area contributed by atoms with Crippen LogP contribution in [0.5, 0.6) is 0 Å². The van der Waals surface area contributed by atoms with Crippen LogP contribution in [0.1, 0.15) is 38.1 Å². The van der Waals surface area contributed by atoms with Gasteiger partial charge in [0.25, 0.3) is 0 Å². The SMILES string of the molecule is CCN(CC)C(C)(C)C(=O)c1ccc(F)c(F)c1. The van der Waals surface area contributed by atoms with Crippen molar-refractivity contribution in [2.24, 2.45) is 0 Å². The van der Waals surface area contributed by atoms with E-state index in [1.807, 2.05) is 18.7 Å². The molecule has 0 N–H and O–H groups in total. The van der Waals surface area contributed by atoms with E-state index in [0.29, 0.717) is 0 Å². The molecule has 0 fully saturated rings. The first kappa shape index (κ1) is 14.8. The first-order valence-corrected chi connectivity index (χ1v) is 6.09. The van der Waals surface area contributed by atoms with Gasteiger partial charge >= 0.3 is 0 Å². The van der Waals surface area contributed by atoms with Crippen LogP contribution in [-0.2, 0) is 0 Å². The predicted octanol–water partition coefficient (Wildman–Crippen LogP) is 3.27. The third kappa shape index (κ3) is 2.75. The fourth-order valence-corrected chi connectivity index (χ4v) is 2.15. The Bertz CT molecular complexity index is 439. The van der Waals surface area contributed by atoms with Gasteiger partial charge in [-0.25, -0.2) is 8.78 Å². The highest BCUT2D eigenvalue weighted by Gasteiger charge is 2.33. The number of hydrogen-bond acceptors (Lipinski definition) is 2. The molecule has 18 heavy (non-hydrogen) atoms. The Balaban J connectivity index is 3.09. The smallest absolute Gasteiger partial charge is 0.182 e. The van der Waals surface area contributed by atoms with Crippen LogP contribution in [-0.4, -0.2) is 29.3 Å². The van der Waals surface area contributed by atoms with E-state index in [1.165, 1.54) is 6.07 Å². The van der Waals surface area contributed by atoms with Crippen molar-refractivity contribution in [2.75, 3.05) is 13.1 Å². The molecule has 0 aliphatic carbocycles. The van der Waals surface area contributed by atoms with Crippen LogP contribution in [0.3, 0.4) is 0 Å². The molecular weight excluding hydrogens is 236 g/mol. The highest BCUT2D eigenvalue weighted by atomic mass is 19.2. The van der Waals surface area contributed by atoms with Gasteiger partial charge in [-0.05, 0) is 45.1 Å². The van der Waals surface area contributed by atoms with E-state index in [1.54, 1.807) is 13.8 Å². The maximum Gasteiger partial charge on any atom is 0.182 e. The Hall–Kier alpha value is -1.29. The lowest BCUT2D eigenvalue weighted by atomic mass is 9.91. The van der Waals surface area contributed by atoms with E-state index in [4.69, 9.17) is 0 Å². The van der Waals surface area contributed by atoms with Gasteiger partial charge in [-0.15, -0.1) is 0 Å². The largest absolute Gasteiger partial charge is 0.292 e. The Morgan fingerprint density at radius 1 is 1.17 bits per heavy atom. The molecule has 0 aliphatic rings. The first-order valence-electron chi connectivity index (χ1n) is 6.09. The normalized spacial score (nSPS) is 11.9. The van der Waals surface area contributed by atoms with Gasteiger partial charge in [0.2, 0.25) is 0 Å². The summed E-state index contributed by atoms with van der Waals surface area (Å²) in [5, 5.41) is 0. The maximum atomic E-state index is 13.2. The topological polar surface area (TPSA) is 20.3 Å². The summed E-state index contributed by atoms with van der Waals surface area (Å²) < 4.78 is 26.0. The molecule has 0 amide bonds. The van der Waals surface area contributed by atoms with Crippen molar-refractivity contribution in [1.82, 2.24) is 4.90 Å². The molecular formula is C14H19F2NO. The van der Waals surface area contributed by atoms with Gasteiger partial charge in [0, 0.05) is 5.56 Å². The average molecular weight is 255 g/mol. The van der Waals surface area contributed by atoms with Crippen LogP contribution in [0.2, 0.25) is 0 Å². The summed E-state index contributed by atoms with van der Waals surface area (Å²) in [5.41, 5.74) is -0.529. The Morgan fingerprint density at radius 3 is 2.17 bits per heavy atom. The van der Waals surface area contributed by atoms with Crippen molar-refractivity contribution in [3.05, 3.63) is 35.4 Å². The van der Waals surface area contributed by atoms with Gasteiger partial charge in [0.1, 0.15) is 0 Å². The lowest BCUT2D eigenvalue weighted by Crippen LogP contribution is -2.49. The molecule has 0 aliphatic heterocycles. The molecule has 0 spiro atoms. The fourth-order valence-electron chi connectivity index (χ4n) is 2.15. The monoisotopic (exact) mass is 255 g/mol. The molecule has 0 aromatic heterocycles. The molecule has 0 heterocycles. The molecule has 1 aromatic rings. The number of hydrogen-bond donors (Lipinski definition) is 0. The average Bonchev–Trinajstić information content (AvgIpc) is 2.33. The van der Waals surface area contributed by atoms with Crippen molar-refractivity contribution in [2.45, 2.75) is 33.2 Å². The van der Waals surface area contributed by atoms with Crippen LogP contribution >= 0.6 is 0 Å². The third-order valence-corrected chi connectivity index (χ3v) is 3.29. The summed E-state index contributed by atoms with van der Waals surface area (Å²) in [5.74, 6) is -2.13. The predicted molar refractivity (Wildman–Crippen MR) is 67.7 cm³/mol. The fraction of sp³-hybridized carbons (Fsp3) is 0.500. The van der Waals surface area contributed by atoms with Crippen molar-refractivity contribution < 1.29 is 13.6 Å². The molecule has 1 rings (SSSR count). The third-order valence-electron chi connectivity index (χ3n) is 3.29. The van der Waals surface area contributed by atoms with E-state index in [9.17, 15) is 13.6 Å². The van der Waals surface area contributed by atoms with Gasteiger partial charge in [-0.3, -0.25) is 9.69 Å². The molecule has 2 nitrogen and oxygen atoms in total. The number of carbonyl (C=O) groups excluding carboxylic acids is 1. The molecule has 0 unspecified atom stereocenters. The van der Waals surface area contributed by atoms with Gasteiger partial charge in [0.15, 0.2) is 17.4 Å². The number of halogens is 2. The van der Waals surface area contributed by atoms with Crippen molar-refractivity contribution in [3.8, 4) is 0 Å². The van der Waals surface area contributed by atoms with Crippen LogP contribution in [0, 0.1) is 11.6 Å². The zero-order valence-electron chi connectivity index (χ0n) is 11.3. The number of likely N-dealkylation sites (N-methyl/N-ethyl adjacent to an activating group) is 1. The minimum absolute atomic E-state index is 0.200. The van der Waals surface area contributed by atoms with E-state index in [0.717, 1.165) is 25.2 Å². The summed E-state index contributed by atoms with van der Waals surface area (Å²) in [6.45, 7) is 8.96. The summed E-state index contributed by atoms with van der Waals surface area (Å²) in [4.78, 5) is 14.3. The quantitative estimate of drug-likeness (QED) is 0.753. The molecule has 0 saturated carbocycles. The molecule has 100 valence electrons. The van der Waals surface area contributed by atoms with Crippen molar-refractivity contribution >= 4 is 5.78 Å². The van der Waals surface area contributed by atoms with Crippen LogP contribution in [0.15, 0.2) is 18.2 Å². The highest BCUT2D eigenvalue weighted by Crippen LogP contribution is 2.21. The van der Waals surface area contributed by atoms with Crippen molar-refractivity contribution in [1.29, 1.82) is 0 Å². The highest BCUT2D eigenvalue weighted by molar-refractivity contribution is 6.02. The van der Waals surface area contributed by atoms with Crippen LogP contribution in [0.4, 0.5) is 8.78 Å². The van der Waals surface area contributed by atoms with E-state index in [-0.39, 0.29) is 11.3 Å². The molecule has 0 saturated heterocycles. The zero-order chi connectivity index (χ0) is 13.9. The zero-order valence-corrected chi connectivity index (χ0v) is 11.3. The molecule has 0 radical (unpaired) electrons. The molecule has 1 aromatic carbocycles.